The summed E-state index contributed by atoms with van der Waals surface area (Å²) in [6.45, 7) is 0. The van der Waals surface area contributed by atoms with Crippen LogP contribution in [0.4, 0.5) is 0 Å². The molecule has 0 fully saturated rings. The van der Waals surface area contributed by atoms with Gasteiger partial charge in [0.15, 0.2) is 0 Å². The minimum absolute atomic E-state index is 0.0770. The molecular formula is C36H28BrO2P. The third-order valence-corrected chi connectivity index (χ3v) is 16.9. The summed E-state index contributed by atoms with van der Waals surface area (Å²) in [5, 5.41) is 0.718. The fourth-order valence-corrected chi connectivity index (χ4v) is 13.1. The topological polar surface area (TPSA) is 30.2 Å². The normalized spacial score (nSPS) is 12.4. The van der Waals surface area contributed by atoms with Gasteiger partial charge in [0.05, 0.1) is 0 Å². The second-order valence-corrected chi connectivity index (χ2v) is 18.9. The van der Waals surface area contributed by atoms with Crippen LogP contribution in [0.1, 0.15) is 5.56 Å². The van der Waals surface area contributed by atoms with Crippen molar-refractivity contribution >= 4 is 36.7 Å². The van der Waals surface area contributed by atoms with Crippen LogP contribution in [0, 0.1) is 0 Å². The van der Waals surface area contributed by atoms with Gasteiger partial charge in [0.1, 0.15) is 0 Å². The molecule has 5 aromatic carbocycles. The van der Waals surface area contributed by atoms with Gasteiger partial charge in [-0.2, -0.15) is 0 Å². The molecule has 1 heterocycles. The molecule has 0 aliphatic rings. The fraction of sp³-hybridized carbons (Fsp3) is 0.0278. The molecule has 0 aliphatic heterocycles. The molecule has 0 amide bonds. The monoisotopic (exact) mass is 602 g/mol. The first-order valence-corrected chi connectivity index (χ1v) is 17.7. The Labute approximate surface area is 242 Å². The summed E-state index contributed by atoms with van der Waals surface area (Å²) in [5.74, 6) is 1.12. The molecule has 40 heavy (non-hydrogen) atoms. The Morgan fingerprint density at radius 3 is 1.30 bits per heavy atom. The second-order valence-electron chi connectivity index (χ2n) is 9.93. The molecule has 6 aromatic rings. The molecule has 0 N–H and O–H groups in total. The van der Waals surface area contributed by atoms with Crippen molar-refractivity contribution in [2.45, 2.75) is 6.16 Å². The average molecular weight is 603 g/mol. The maximum absolute atomic E-state index is 12.6. The van der Waals surface area contributed by atoms with Crippen molar-refractivity contribution in [2.24, 2.45) is 0 Å². The van der Waals surface area contributed by atoms with Crippen molar-refractivity contribution in [2.75, 3.05) is 0 Å². The van der Waals surface area contributed by atoms with Gasteiger partial charge >= 0.3 is 243 Å². The van der Waals surface area contributed by atoms with E-state index in [0.717, 1.165) is 17.3 Å². The van der Waals surface area contributed by atoms with Gasteiger partial charge in [0.25, 0.3) is 0 Å². The van der Waals surface area contributed by atoms with Crippen LogP contribution in [-0.4, -0.2) is 0 Å². The Kier molecular flexibility index (Phi) is 7.11. The molecule has 0 unspecified atom stereocenters. The maximum atomic E-state index is 12.6. The molecule has 0 saturated heterocycles. The van der Waals surface area contributed by atoms with Crippen molar-refractivity contribution in [1.29, 1.82) is 0 Å². The van der Waals surface area contributed by atoms with Crippen LogP contribution in [0.15, 0.2) is 167 Å². The average Bonchev–Trinajstić information content (AvgIpc) is 3.03. The van der Waals surface area contributed by atoms with Crippen LogP contribution in [-0.2, 0) is 6.16 Å². The van der Waals surface area contributed by atoms with Crippen LogP contribution in [0.25, 0.3) is 22.6 Å². The van der Waals surface area contributed by atoms with Gasteiger partial charge < -0.3 is 0 Å². The summed E-state index contributed by atoms with van der Waals surface area (Å²) in [6, 6.07) is 53.6. The molecule has 0 spiro atoms. The van der Waals surface area contributed by atoms with Crippen molar-refractivity contribution in [3.63, 3.8) is 0 Å². The second kappa shape index (κ2) is 10.8. The van der Waals surface area contributed by atoms with Crippen molar-refractivity contribution in [3.05, 3.63) is 174 Å². The van der Waals surface area contributed by atoms with E-state index in [9.17, 15) is 4.79 Å². The standard InChI is InChI=1S/C36H28BrO2P/c37-40(32-15-7-2-8-16-32,33-17-9-3-10-18-33,34-19-11-4-12-20-34)27-28-21-23-30(24-22-28)36-26-31(38)25-35(39-36)29-13-5-1-6-14-29/h1-26H,27H2. The Morgan fingerprint density at radius 1 is 0.500 bits per heavy atom. The summed E-state index contributed by atoms with van der Waals surface area (Å²) >= 11 is 4.53. The first kappa shape index (κ1) is 26.2. The third-order valence-electron chi connectivity index (χ3n) is 7.43. The summed E-state index contributed by atoms with van der Waals surface area (Å²) in [7, 11) is 0. The van der Waals surface area contributed by atoms with Crippen molar-refractivity contribution in [3.8, 4) is 22.6 Å². The zero-order valence-corrected chi connectivity index (χ0v) is 24.3. The fourth-order valence-electron chi connectivity index (χ4n) is 5.42. The van der Waals surface area contributed by atoms with Crippen LogP contribution in [0.2, 0.25) is 0 Å². The van der Waals surface area contributed by atoms with Crippen molar-refractivity contribution in [1.82, 2.24) is 0 Å². The van der Waals surface area contributed by atoms with Gasteiger partial charge in [-0.25, -0.2) is 0 Å². The van der Waals surface area contributed by atoms with E-state index in [1.807, 2.05) is 30.3 Å². The molecule has 0 aliphatic carbocycles. The van der Waals surface area contributed by atoms with E-state index in [1.54, 1.807) is 12.1 Å². The summed E-state index contributed by atoms with van der Waals surface area (Å²) in [4.78, 5) is 12.6. The molecule has 0 atom stereocenters. The molecule has 0 saturated carbocycles. The van der Waals surface area contributed by atoms with Gasteiger partial charge in [-0.15, -0.1) is 0 Å². The predicted octanol–water partition coefficient (Wildman–Crippen LogP) is 8.31. The Bertz CT molecular complexity index is 1680. The van der Waals surface area contributed by atoms with Gasteiger partial charge in [-0.05, 0) is 0 Å². The van der Waals surface area contributed by atoms with E-state index in [0.29, 0.717) is 11.5 Å². The molecule has 196 valence electrons. The summed E-state index contributed by atoms with van der Waals surface area (Å²) in [6.07, 6.45) is 0.790. The Hall–Kier alpha value is -4.04. The SMILES string of the molecule is O=c1cc(-c2ccccc2)oc(-c2ccc(CP(Br)(c3ccccc3)(c3ccccc3)c3ccccc3)cc2)c1. The van der Waals surface area contributed by atoms with E-state index in [-0.39, 0.29) is 5.43 Å². The van der Waals surface area contributed by atoms with Crippen molar-refractivity contribution < 1.29 is 4.42 Å². The van der Waals surface area contributed by atoms with Crippen LogP contribution >= 0.6 is 20.8 Å². The number of rotatable bonds is 7. The van der Waals surface area contributed by atoms with Gasteiger partial charge in [0, 0.05) is 0 Å². The first-order chi connectivity index (χ1) is 19.5. The molecule has 2 nitrogen and oxygen atoms in total. The molecule has 0 radical (unpaired) electrons. The zero-order chi connectivity index (χ0) is 27.4. The first-order valence-electron chi connectivity index (χ1n) is 13.2. The van der Waals surface area contributed by atoms with E-state index in [4.69, 9.17) is 4.42 Å². The van der Waals surface area contributed by atoms with Crippen LogP contribution in [0.5, 0.6) is 0 Å². The molecular weight excluding hydrogens is 575 g/mol. The molecule has 6 rings (SSSR count). The number of hydrogen-bond donors (Lipinski definition) is 0. The van der Waals surface area contributed by atoms with Crippen LogP contribution in [0.3, 0.4) is 0 Å². The molecule has 1 aromatic heterocycles. The van der Waals surface area contributed by atoms with E-state index in [2.05, 4.69) is 131 Å². The number of benzene rings is 5. The zero-order valence-electron chi connectivity index (χ0n) is 21.9. The third kappa shape index (κ3) is 4.77. The van der Waals surface area contributed by atoms with E-state index in [1.165, 1.54) is 21.5 Å². The quantitative estimate of drug-likeness (QED) is 0.172. The van der Waals surface area contributed by atoms with Gasteiger partial charge in [0.2, 0.25) is 0 Å². The van der Waals surface area contributed by atoms with E-state index < -0.39 is 5.31 Å². The summed E-state index contributed by atoms with van der Waals surface area (Å²) < 4.78 is 6.20. The Balaban J connectivity index is 1.47. The summed E-state index contributed by atoms with van der Waals surface area (Å²) in [5.41, 5.74) is 2.86. The number of halogens is 1. The minimum atomic E-state index is -3.11. The van der Waals surface area contributed by atoms with Gasteiger partial charge in [-0.3, -0.25) is 0 Å². The predicted molar refractivity (Wildman–Crippen MR) is 174 cm³/mol. The Morgan fingerprint density at radius 2 is 0.875 bits per heavy atom. The van der Waals surface area contributed by atoms with E-state index >= 15 is 0 Å². The van der Waals surface area contributed by atoms with Gasteiger partial charge in [-0.1, -0.05) is 0 Å². The molecule has 4 heteroatoms. The number of hydrogen-bond acceptors (Lipinski definition) is 2. The van der Waals surface area contributed by atoms with Crippen LogP contribution < -0.4 is 21.3 Å². The molecule has 0 bridgehead atoms.